The molecule has 2 aliphatic rings. The molecule has 0 amide bonds. The Hall–Kier alpha value is -3.79. The van der Waals surface area contributed by atoms with Crippen LogP contribution in [0.3, 0.4) is 0 Å². The molecule has 1 aliphatic carbocycles. The molecule has 0 saturated heterocycles. The van der Waals surface area contributed by atoms with Gasteiger partial charge in [0.05, 0.1) is 34.7 Å². The van der Waals surface area contributed by atoms with E-state index in [-0.39, 0.29) is 16.4 Å². The molecule has 5 aromatic rings. The van der Waals surface area contributed by atoms with E-state index < -0.39 is 11.6 Å². The Labute approximate surface area is 350 Å². The lowest BCUT2D eigenvalue weighted by molar-refractivity contribution is 0.483. The van der Waals surface area contributed by atoms with E-state index in [1.807, 2.05) is 43.0 Å². The molecular weight excluding hydrogens is 767 g/mol. The number of thiophene rings is 2. The van der Waals surface area contributed by atoms with Gasteiger partial charge in [0, 0.05) is 30.9 Å². The van der Waals surface area contributed by atoms with E-state index in [4.69, 9.17) is 10.2 Å². The number of nitrogens with zero attached hydrogens (tertiary/aromatic N) is 4. The van der Waals surface area contributed by atoms with Gasteiger partial charge in [0.1, 0.15) is 11.0 Å². The molecular formula is C48H56F2N4S3. The van der Waals surface area contributed by atoms with Crippen molar-refractivity contribution in [2.75, 3.05) is 11.4 Å². The van der Waals surface area contributed by atoms with Gasteiger partial charge in [0.25, 0.3) is 0 Å². The number of thioether (sulfide) groups is 1. The van der Waals surface area contributed by atoms with Crippen molar-refractivity contribution >= 4 is 63.3 Å². The second kappa shape index (κ2) is 19.8. The summed E-state index contributed by atoms with van der Waals surface area (Å²) in [7, 11) is 0. The van der Waals surface area contributed by atoms with Crippen LogP contribution in [-0.2, 0) is 6.54 Å². The van der Waals surface area contributed by atoms with E-state index in [1.54, 1.807) is 4.80 Å². The average Bonchev–Trinajstić information content (AvgIpc) is 3.97. The highest BCUT2D eigenvalue weighted by atomic mass is 32.2. The molecule has 57 heavy (non-hydrogen) atoms. The summed E-state index contributed by atoms with van der Waals surface area (Å²) in [6, 6.07) is 14.8. The molecule has 7 rings (SSSR count). The highest BCUT2D eigenvalue weighted by Gasteiger charge is 2.34. The molecule has 1 aliphatic heterocycles. The number of fused-ring (bicyclic) bond motifs is 3. The van der Waals surface area contributed by atoms with Crippen LogP contribution in [0.25, 0.3) is 44.1 Å². The number of allylic oxidation sites excluding steroid dienone is 4. The first kappa shape index (κ1) is 41.4. The summed E-state index contributed by atoms with van der Waals surface area (Å²) in [4.78, 5) is 8.88. The monoisotopic (exact) mass is 822 g/mol. The van der Waals surface area contributed by atoms with E-state index in [0.29, 0.717) is 33.4 Å². The average molecular weight is 823 g/mol. The van der Waals surface area contributed by atoms with E-state index in [0.717, 1.165) is 47.6 Å². The van der Waals surface area contributed by atoms with Crippen molar-refractivity contribution < 1.29 is 8.78 Å². The normalized spacial score (nSPS) is 16.7. The Morgan fingerprint density at radius 2 is 1.39 bits per heavy atom. The lowest BCUT2D eigenvalue weighted by Gasteiger charge is -2.42. The molecule has 2 atom stereocenters. The fourth-order valence-electron chi connectivity index (χ4n) is 7.95. The van der Waals surface area contributed by atoms with Gasteiger partial charge in [-0.05, 0) is 80.3 Å². The highest BCUT2D eigenvalue weighted by Crippen LogP contribution is 2.46. The Morgan fingerprint density at radius 3 is 2.05 bits per heavy atom. The summed E-state index contributed by atoms with van der Waals surface area (Å²) in [5.74, 6) is -1.73. The number of unbranched alkanes of at least 4 members (excludes halogenated alkanes) is 10. The molecule has 4 nitrogen and oxygen atoms in total. The Bertz CT molecular complexity index is 2260. The van der Waals surface area contributed by atoms with E-state index >= 15 is 8.78 Å². The van der Waals surface area contributed by atoms with Gasteiger partial charge in [-0.25, -0.2) is 8.78 Å². The molecule has 0 N–H and O–H groups in total. The number of benzene rings is 2. The van der Waals surface area contributed by atoms with Crippen LogP contribution in [0.1, 0.15) is 113 Å². The summed E-state index contributed by atoms with van der Waals surface area (Å²) >= 11 is 4.84. The SMILES string of the molecule is C/C=C/c1ccc2c(c1)SC1C=C(/C=C/c3ccc(-c4c(F)c(F)c(-c5ccc(C)s5)c5nn(CCCCCCCCCCCC)nc45)s3)C=CC1N2CCCC. The standard InChI is InChI=1S/C48H56F2N4S3/c1-5-8-10-11-12-13-14-15-16-17-30-54-51-47-43(39-27-19-33(4)55-39)45(49)46(50)44(48(47)52-54)40-28-24-36(56-40)23-20-35-22-26-38-42(32-35)57-41-31-34(18-7-3)21-25-37(41)53(38)29-9-6-2/h7,18-28,31-32,38,42H,5-6,8-17,29-30H2,1-4H3/b18-7+,23-20+. The van der Waals surface area contributed by atoms with Crippen LogP contribution < -0.4 is 4.90 Å². The summed E-state index contributed by atoms with van der Waals surface area (Å²) in [6.07, 6.45) is 30.1. The third kappa shape index (κ3) is 9.75. The summed E-state index contributed by atoms with van der Waals surface area (Å²) in [5.41, 5.74) is 4.94. The quantitative estimate of drug-likeness (QED) is 0.0777. The first-order valence-electron chi connectivity index (χ1n) is 21.1. The van der Waals surface area contributed by atoms with E-state index in [9.17, 15) is 0 Å². The van der Waals surface area contributed by atoms with Crippen LogP contribution in [-0.4, -0.2) is 32.8 Å². The fourth-order valence-corrected chi connectivity index (χ4v) is 11.2. The predicted molar refractivity (Wildman–Crippen MR) is 244 cm³/mol. The van der Waals surface area contributed by atoms with Gasteiger partial charge < -0.3 is 4.90 Å². The smallest absolute Gasteiger partial charge is 0.170 e. The molecule has 0 bridgehead atoms. The second-order valence-electron chi connectivity index (χ2n) is 15.4. The third-order valence-corrected chi connectivity index (χ3v) is 14.3. The van der Waals surface area contributed by atoms with Crippen LogP contribution in [0, 0.1) is 18.6 Å². The molecule has 0 saturated carbocycles. The summed E-state index contributed by atoms with van der Waals surface area (Å²) in [6.45, 7) is 10.2. The van der Waals surface area contributed by atoms with Crippen molar-refractivity contribution in [3.05, 3.63) is 105 Å². The molecule has 4 heterocycles. The minimum atomic E-state index is -0.865. The van der Waals surface area contributed by atoms with Gasteiger partial charge in [0.15, 0.2) is 11.6 Å². The first-order chi connectivity index (χ1) is 27.9. The maximum atomic E-state index is 16.3. The van der Waals surface area contributed by atoms with Crippen LogP contribution in [0.4, 0.5) is 14.5 Å². The van der Waals surface area contributed by atoms with Crippen LogP contribution in [0.15, 0.2) is 83.3 Å². The van der Waals surface area contributed by atoms with Crippen molar-refractivity contribution in [2.24, 2.45) is 0 Å². The van der Waals surface area contributed by atoms with Crippen molar-refractivity contribution in [2.45, 2.75) is 127 Å². The van der Waals surface area contributed by atoms with E-state index in [2.05, 4.69) is 86.4 Å². The zero-order valence-corrected chi connectivity index (χ0v) is 36.4. The second-order valence-corrected chi connectivity index (χ2v) is 19.0. The summed E-state index contributed by atoms with van der Waals surface area (Å²) < 4.78 is 32.6. The number of hydrogen-bond acceptors (Lipinski definition) is 6. The number of anilines is 1. The molecule has 2 aromatic carbocycles. The van der Waals surface area contributed by atoms with Gasteiger partial charge in [0.2, 0.25) is 0 Å². The lowest BCUT2D eigenvalue weighted by atomic mass is 9.98. The maximum Gasteiger partial charge on any atom is 0.170 e. The molecule has 9 heteroatoms. The Balaban J connectivity index is 1.10. The van der Waals surface area contributed by atoms with Crippen LogP contribution >= 0.6 is 34.4 Å². The fraction of sp³-hybridized carbons (Fsp3) is 0.417. The van der Waals surface area contributed by atoms with Crippen LogP contribution in [0.5, 0.6) is 0 Å². The molecule has 0 fully saturated rings. The van der Waals surface area contributed by atoms with Gasteiger partial charge in [-0.2, -0.15) is 15.0 Å². The van der Waals surface area contributed by atoms with Crippen molar-refractivity contribution in [3.8, 4) is 20.9 Å². The molecule has 0 radical (unpaired) electrons. The number of aromatic nitrogens is 3. The van der Waals surface area contributed by atoms with Gasteiger partial charge in [-0.1, -0.05) is 121 Å². The molecule has 2 unspecified atom stereocenters. The van der Waals surface area contributed by atoms with E-state index in [1.165, 1.54) is 90.2 Å². The zero-order valence-electron chi connectivity index (χ0n) is 33.9. The largest absolute Gasteiger partial charge is 0.363 e. The van der Waals surface area contributed by atoms with Crippen molar-refractivity contribution in [1.82, 2.24) is 15.0 Å². The van der Waals surface area contributed by atoms with Crippen molar-refractivity contribution in [3.63, 3.8) is 0 Å². The third-order valence-electron chi connectivity index (χ3n) is 11.0. The molecule has 0 spiro atoms. The minimum absolute atomic E-state index is 0.194. The number of hydrogen-bond donors (Lipinski definition) is 0. The van der Waals surface area contributed by atoms with Crippen molar-refractivity contribution in [1.29, 1.82) is 0 Å². The predicted octanol–water partition coefficient (Wildman–Crippen LogP) is 15.1. The zero-order chi connectivity index (χ0) is 39.7. The molecule has 3 aromatic heterocycles. The Kier molecular flexibility index (Phi) is 14.4. The molecule has 300 valence electrons. The number of rotatable bonds is 19. The highest BCUT2D eigenvalue weighted by molar-refractivity contribution is 8.00. The Morgan fingerprint density at radius 1 is 0.719 bits per heavy atom. The minimum Gasteiger partial charge on any atom is -0.363 e. The number of aryl methyl sites for hydroxylation is 2. The van der Waals surface area contributed by atoms with Gasteiger partial charge in [-0.15, -0.1) is 34.4 Å². The summed E-state index contributed by atoms with van der Waals surface area (Å²) in [5, 5.41) is 9.96. The van der Waals surface area contributed by atoms with Gasteiger partial charge in [-0.3, -0.25) is 0 Å². The van der Waals surface area contributed by atoms with Crippen LogP contribution in [0.2, 0.25) is 0 Å². The number of halogens is 2. The topological polar surface area (TPSA) is 34.0 Å². The van der Waals surface area contributed by atoms with Gasteiger partial charge >= 0.3 is 0 Å². The first-order valence-corrected chi connectivity index (χ1v) is 23.6. The maximum absolute atomic E-state index is 16.3. The lowest BCUT2D eigenvalue weighted by Crippen LogP contribution is -2.45.